The third-order valence-electron chi connectivity index (χ3n) is 7.51. The van der Waals surface area contributed by atoms with E-state index in [2.05, 4.69) is 43.8 Å². The first-order valence-electron chi connectivity index (χ1n) is 11.8. The van der Waals surface area contributed by atoms with Crippen LogP contribution in [0.15, 0.2) is 71.8 Å². The van der Waals surface area contributed by atoms with E-state index in [1.54, 1.807) is 6.20 Å². The molecule has 2 unspecified atom stereocenters. The Morgan fingerprint density at radius 2 is 1.54 bits per heavy atom. The highest BCUT2D eigenvalue weighted by atomic mass is 28.4. The molecule has 8 heteroatoms. The quantitative estimate of drug-likeness (QED) is 0.165. The maximum Gasteiger partial charge on any atom is 0.317 e. The van der Waals surface area contributed by atoms with Crippen molar-refractivity contribution < 1.29 is 14.2 Å². The number of aliphatic imine (C=N–C) groups is 1. The molecule has 0 radical (unpaired) electrons. The lowest BCUT2D eigenvalue weighted by atomic mass is 10.0. The van der Waals surface area contributed by atoms with Crippen molar-refractivity contribution in [2.24, 2.45) is 4.99 Å². The van der Waals surface area contributed by atoms with Gasteiger partial charge in [-0.05, 0) is 30.3 Å². The van der Waals surface area contributed by atoms with Gasteiger partial charge < -0.3 is 24.7 Å². The van der Waals surface area contributed by atoms with Crippen LogP contribution >= 0.6 is 0 Å². The Hall–Kier alpha value is -3.33. The summed E-state index contributed by atoms with van der Waals surface area (Å²) in [5, 5.41) is 27.5. The molecule has 7 nitrogen and oxygen atoms in total. The van der Waals surface area contributed by atoms with Crippen molar-refractivity contribution in [1.82, 2.24) is 9.97 Å². The van der Waals surface area contributed by atoms with E-state index in [9.17, 15) is 10.3 Å². The lowest BCUT2D eigenvalue weighted by Crippen LogP contribution is -2.51. The van der Waals surface area contributed by atoms with Gasteiger partial charge in [0, 0.05) is 45.3 Å². The molecular formula is C27H32N4O3Si. The van der Waals surface area contributed by atoms with Crippen molar-refractivity contribution in [3.05, 3.63) is 83.1 Å². The highest BCUT2D eigenvalue weighted by Crippen LogP contribution is 2.46. The molecule has 0 saturated heterocycles. The number of para-hydroxylation sites is 2. The normalized spacial score (nSPS) is 21.6. The molecule has 0 amide bonds. The second kappa shape index (κ2) is 7.84. The molecule has 2 aromatic carbocycles. The van der Waals surface area contributed by atoms with E-state index in [1.807, 2.05) is 54.7 Å². The zero-order valence-corrected chi connectivity index (χ0v) is 22.0. The summed E-state index contributed by atoms with van der Waals surface area (Å²) >= 11 is 0. The number of hydroxylamine groups is 3. The second-order valence-electron chi connectivity index (χ2n) is 10.9. The maximum absolute atomic E-state index is 14.4. The van der Waals surface area contributed by atoms with Gasteiger partial charge in [-0.15, -0.1) is 0 Å². The molecule has 0 aliphatic carbocycles. The van der Waals surface area contributed by atoms with Crippen molar-refractivity contribution in [2.75, 3.05) is 7.05 Å². The number of quaternary nitrogens is 1. The minimum atomic E-state index is -2.37. The Labute approximate surface area is 206 Å². The Kier molecular flexibility index (Phi) is 5.25. The highest BCUT2D eigenvalue weighted by molar-refractivity contribution is 6.75. The van der Waals surface area contributed by atoms with Crippen molar-refractivity contribution in [3.63, 3.8) is 0 Å². The minimum absolute atomic E-state index is 0.100. The first-order valence-corrected chi connectivity index (χ1v) is 14.7. The van der Waals surface area contributed by atoms with E-state index in [4.69, 9.17) is 9.42 Å². The van der Waals surface area contributed by atoms with Gasteiger partial charge in [-0.1, -0.05) is 57.2 Å². The zero-order valence-electron chi connectivity index (χ0n) is 21.0. The molecule has 182 valence electrons. The molecule has 2 aromatic heterocycles. The molecule has 4 aromatic rings. The van der Waals surface area contributed by atoms with E-state index < -0.39 is 19.0 Å². The first-order chi connectivity index (χ1) is 16.4. The maximum atomic E-state index is 14.4. The van der Waals surface area contributed by atoms with Crippen LogP contribution in [-0.2, 0) is 4.43 Å². The van der Waals surface area contributed by atoms with E-state index in [-0.39, 0.29) is 16.6 Å². The van der Waals surface area contributed by atoms with Crippen LogP contribution < -0.4 is 0 Å². The van der Waals surface area contributed by atoms with Crippen LogP contribution in [0.2, 0.25) is 18.1 Å². The number of aliphatic hydroxyl groups is 1. The molecule has 2 atom stereocenters. The van der Waals surface area contributed by atoms with Gasteiger partial charge in [0.2, 0.25) is 5.90 Å². The van der Waals surface area contributed by atoms with Gasteiger partial charge in [0.05, 0.1) is 7.05 Å². The molecule has 1 aliphatic heterocycles. The number of H-pyrrole nitrogens is 2. The SMILES string of the molecule is CC(C)(C)[Si](C)(C)OC1=NC(c2c[nH]c3ccccc23)=C(O)[N+](C)([O-])C1c1c[nH]c2ccccc12. The summed E-state index contributed by atoms with van der Waals surface area (Å²) < 4.78 is 5.71. The van der Waals surface area contributed by atoms with Crippen LogP contribution in [-0.4, -0.2) is 41.0 Å². The first kappa shape index (κ1) is 23.4. The summed E-state index contributed by atoms with van der Waals surface area (Å²) in [7, 11) is -0.896. The second-order valence-corrected chi connectivity index (χ2v) is 15.6. The standard InChI is InChI=1S/C27H32N4O3Si/c1-27(2,3)35(5,6)34-25-24(20-16-29-22-14-10-8-12-18(20)22)31(4,33)26(32)23(30-25)19-15-28-21-13-9-7-11-17(19)21/h7-16,24,28-29,32H,1-6H3. The van der Waals surface area contributed by atoms with Crippen molar-refractivity contribution in [1.29, 1.82) is 0 Å². The fraction of sp³-hybridized carbons (Fsp3) is 0.296. The number of nitrogens with one attached hydrogen (secondary N) is 2. The Balaban J connectivity index is 1.74. The third kappa shape index (κ3) is 3.69. The summed E-state index contributed by atoms with van der Waals surface area (Å²) in [6, 6.07) is 14.7. The molecule has 3 heterocycles. The zero-order chi connectivity index (χ0) is 25.2. The number of hydrogen-bond donors (Lipinski definition) is 3. The highest BCUT2D eigenvalue weighted by Gasteiger charge is 2.48. The summed E-state index contributed by atoms with van der Waals surface area (Å²) in [6.45, 7) is 10.7. The Morgan fingerprint density at radius 3 is 2.20 bits per heavy atom. The Bertz CT molecular complexity index is 1490. The van der Waals surface area contributed by atoms with Crippen LogP contribution in [0.5, 0.6) is 0 Å². The average molecular weight is 489 g/mol. The number of aliphatic hydroxyl groups excluding tert-OH is 1. The minimum Gasteiger partial charge on any atom is -0.624 e. The molecule has 0 bridgehead atoms. The summed E-state index contributed by atoms with van der Waals surface area (Å²) in [5.41, 5.74) is 3.49. The molecular weight excluding hydrogens is 456 g/mol. The smallest absolute Gasteiger partial charge is 0.317 e. The monoisotopic (exact) mass is 488 g/mol. The average Bonchev–Trinajstić information content (AvgIpc) is 3.40. The van der Waals surface area contributed by atoms with Crippen molar-refractivity contribution in [2.45, 2.75) is 44.9 Å². The van der Waals surface area contributed by atoms with Gasteiger partial charge in [0.1, 0.15) is 0 Å². The number of likely N-dealkylation sites (N-methyl/N-ethyl adjacent to an activating group) is 1. The molecule has 5 rings (SSSR count). The molecule has 35 heavy (non-hydrogen) atoms. The fourth-order valence-corrected chi connectivity index (χ4v) is 5.41. The van der Waals surface area contributed by atoms with Crippen LogP contribution in [0.1, 0.15) is 37.9 Å². The van der Waals surface area contributed by atoms with Gasteiger partial charge in [-0.2, -0.15) is 0 Å². The molecule has 0 saturated carbocycles. The van der Waals surface area contributed by atoms with Gasteiger partial charge >= 0.3 is 5.88 Å². The van der Waals surface area contributed by atoms with Gasteiger partial charge in [0.25, 0.3) is 8.32 Å². The predicted molar refractivity (Wildman–Crippen MR) is 144 cm³/mol. The largest absolute Gasteiger partial charge is 0.624 e. The van der Waals surface area contributed by atoms with Crippen LogP contribution in [0.25, 0.3) is 27.5 Å². The number of aromatic amines is 2. The third-order valence-corrected chi connectivity index (χ3v) is 11.8. The van der Waals surface area contributed by atoms with Crippen LogP contribution in [0.3, 0.4) is 0 Å². The number of aromatic nitrogens is 2. The topological polar surface area (TPSA) is 96.5 Å². The predicted octanol–water partition coefficient (Wildman–Crippen LogP) is 6.95. The number of benzene rings is 2. The number of rotatable bonds is 3. The summed E-state index contributed by atoms with van der Waals surface area (Å²) in [4.78, 5) is 11.4. The number of hydrogen-bond acceptors (Lipinski definition) is 4. The molecule has 3 N–H and O–H groups in total. The Morgan fingerprint density at radius 1 is 0.971 bits per heavy atom. The van der Waals surface area contributed by atoms with E-state index in [0.717, 1.165) is 27.4 Å². The lowest BCUT2D eigenvalue weighted by molar-refractivity contribution is -0.859. The number of fused-ring (bicyclic) bond motifs is 2. The van der Waals surface area contributed by atoms with Crippen molar-refractivity contribution in [3.8, 4) is 0 Å². The van der Waals surface area contributed by atoms with E-state index in [0.29, 0.717) is 11.5 Å². The van der Waals surface area contributed by atoms with Crippen LogP contribution in [0, 0.1) is 5.21 Å². The lowest BCUT2D eigenvalue weighted by Gasteiger charge is -2.47. The summed E-state index contributed by atoms with van der Waals surface area (Å²) in [5.74, 6) is 0.00421. The van der Waals surface area contributed by atoms with Gasteiger partial charge in [-0.3, -0.25) is 4.65 Å². The van der Waals surface area contributed by atoms with Gasteiger partial charge in [0.15, 0.2) is 11.7 Å². The van der Waals surface area contributed by atoms with Gasteiger partial charge in [-0.25, -0.2) is 4.99 Å². The van der Waals surface area contributed by atoms with E-state index >= 15 is 0 Å². The molecule has 1 aliphatic rings. The fourth-order valence-electron chi connectivity index (χ4n) is 4.42. The molecule has 0 fully saturated rings. The number of nitrogens with zero attached hydrogens (tertiary/aromatic N) is 2. The van der Waals surface area contributed by atoms with E-state index in [1.165, 1.54) is 7.05 Å². The van der Waals surface area contributed by atoms with Crippen molar-refractivity contribution >= 4 is 41.7 Å². The van der Waals surface area contributed by atoms with Crippen LogP contribution in [0.4, 0.5) is 0 Å². The summed E-state index contributed by atoms with van der Waals surface area (Å²) in [6.07, 6.45) is 3.62. The molecule has 0 spiro atoms.